The molecule has 5 nitrogen and oxygen atoms in total. The Labute approximate surface area is 102 Å². The third-order valence-electron chi connectivity index (χ3n) is 3.86. The second-order valence-electron chi connectivity index (χ2n) is 5.90. The van der Waals surface area contributed by atoms with Crippen molar-refractivity contribution < 1.29 is 9.59 Å². The fourth-order valence-corrected chi connectivity index (χ4v) is 3.16. The van der Waals surface area contributed by atoms with Gasteiger partial charge in [0.1, 0.15) is 6.04 Å². The molecule has 1 heterocycles. The first kappa shape index (κ1) is 12.4. The highest BCUT2D eigenvalue weighted by Crippen LogP contribution is 2.49. The quantitative estimate of drug-likeness (QED) is 0.599. The van der Waals surface area contributed by atoms with Crippen molar-refractivity contribution in [1.29, 1.82) is 0 Å². The molecule has 2 fully saturated rings. The number of amides is 2. The number of rotatable bonds is 3. The summed E-state index contributed by atoms with van der Waals surface area (Å²) in [5.41, 5.74) is 0.175. The highest BCUT2D eigenvalue weighted by atomic mass is 16.2. The molecule has 0 aromatic carbocycles. The molecule has 5 heteroatoms. The summed E-state index contributed by atoms with van der Waals surface area (Å²) < 4.78 is 0. The Balaban J connectivity index is 2.05. The summed E-state index contributed by atoms with van der Waals surface area (Å²) >= 11 is 0. The van der Waals surface area contributed by atoms with E-state index in [-0.39, 0.29) is 35.1 Å². The molecule has 3 atom stereocenters. The Hall–Kier alpha value is -1.10. The Bertz CT molecular complexity index is 341. The van der Waals surface area contributed by atoms with E-state index >= 15 is 0 Å². The topological polar surface area (TPSA) is 70.2 Å². The molecule has 0 bridgehead atoms. The highest BCUT2D eigenvalue weighted by Gasteiger charge is 2.53. The van der Waals surface area contributed by atoms with Crippen LogP contribution in [-0.2, 0) is 9.59 Å². The van der Waals surface area contributed by atoms with E-state index in [2.05, 4.69) is 29.8 Å². The lowest BCUT2D eigenvalue weighted by molar-refractivity contribution is -0.127. The average Bonchev–Trinajstić information content (AvgIpc) is 2.71. The minimum Gasteiger partial charge on any atom is -0.344 e. The van der Waals surface area contributed by atoms with Crippen molar-refractivity contribution in [3.05, 3.63) is 0 Å². The van der Waals surface area contributed by atoms with Crippen molar-refractivity contribution in [2.75, 3.05) is 13.7 Å². The third kappa shape index (κ3) is 2.29. The molecular formula is C12H21N3O2. The fourth-order valence-electron chi connectivity index (χ4n) is 3.16. The van der Waals surface area contributed by atoms with Crippen LogP contribution in [0.4, 0.5) is 0 Å². The Kier molecular flexibility index (Phi) is 3.12. The van der Waals surface area contributed by atoms with Crippen LogP contribution in [0.25, 0.3) is 0 Å². The van der Waals surface area contributed by atoms with Gasteiger partial charge >= 0.3 is 0 Å². The zero-order valence-electron chi connectivity index (χ0n) is 10.7. The fraction of sp³-hybridized carbons (Fsp3) is 0.833. The minimum absolute atomic E-state index is 0.0235. The number of hydrogen-bond donors (Lipinski definition) is 3. The van der Waals surface area contributed by atoms with Gasteiger partial charge < -0.3 is 16.0 Å². The van der Waals surface area contributed by atoms with E-state index in [0.717, 1.165) is 12.8 Å². The normalized spacial score (nSPS) is 34.3. The second-order valence-corrected chi connectivity index (χ2v) is 5.90. The van der Waals surface area contributed by atoms with Gasteiger partial charge in [0.15, 0.2) is 0 Å². The maximum Gasteiger partial charge on any atom is 0.243 e. The van der Waals surface area contributed by atoms with Crippen molar-refractivity contribution in [3.63, 3.8) is 0 Å². The summed E-state index contributed by atoms with van der Waals surface area (Å²) in [4.78, 5) is 23.8. The Morgan fingerprint density at radius 3 is 2.82 bits per heavy atom. The second kappa shape index (κ2) is 4.29. The summed E-state index contributed by atoms with van der Waals surface area (Å²) in [6.07, 6.45) is 1.83. The van der Waals surface area contributed by atoms with E-state index in [0.29, 0.717) is 6.67 Å². The summed E-state index contributed by atoms with van der Waals surface area (Å²) in [5.74, 6) is 0.160. The predicted molar refractivity (Wildman–Crippen MR) is 64.0 cm³/mol. The maximum absolute atomic E-state index is 11.9. The average molecular weight is 239 g/mol. The molecule has 0 radical (unpaired) electrons. The molecular weight excluding hydrogens is 218 g/mol. The Morgan fingerprint density at radius 2 is 2.18 bits per heavy atom. The van der Waals surface area contributed by atoms with Crippen LogP contribution in [0.1, 0.15) is 26.7 Å². The van der Waals surface area contributed by atoms with Crippen LogP contribution in [0.2, 0.25) is 0 Å². The maximum atomic E-state index is 11.9. The number of nitrogens with one attached hydrogen (secondary N) is 3. The van der Waals surface area contributed by atoms with Gasteiger partial charge in [-0.3, -0.25) is 9.59 Å². The first-order valence-electron chi connectivity index (χ1n) is 6.17. The summed E-state index contributed by atoms with van der Waals surface area (Å²) in [7, 11) is 1.77. The molecule has 0 aromatic rings. The van der Waals surface area contributed by atoms with Crippen LogP contribution in [0.3, 0.4) is 0 Å². The van der Waals surface area contributed by atoms with Gasteiger partial charge in [-0.25, -0.2) is 0 Å². The summed E-state index contributed by atoms with van der Waals surface area (Å²) in [5, 5.41) is 8.46. The zero-order chi connectivity index (χ0) is 12.6. The molecule has 3 unspecified atom stereocenters. The lowest BCUT2D eigenvalue weighted by atomic mass is 9.88. The Morgan fingerprint density at radius 1 is 1.47 bits per heavy atom. The number of carbonyl (C=O) groups excluding carboxylic acids is 2. The summed E-state index contributed by atoms with van der Waals surface area (Å²) in [6.45, 7) is 4.77. The number of carbonyl (C=O) groups is 2. The number of hydrogen-bond acceptors (Lipinski definition) is 3. The largest absolute Gasteiger partial charge is 0.344 e. The van der Waals surface area contributed by atoms with E-state index in [9.17, 15) is 9.59 Å². The van der Waals surface area contributed by atoms with E-state index in [1.807, 2.05) is 0 Å². The van der Waals surface area contributed by atoms with Gasteiger partial charge in [-0.15, -0.1) is 0 Å². The molecule has 0 spiro atoms. The van der Waals surface area contributed by atoms with Crippen molar-refractivity contribution in [2.24, 2.45) is 17.3 Å². The van der Waals surface area contributed by atoms with Gasteiger partial charge in [0.2, 0.25) is 11.8 Å². The molecule has 17 heavy (non-hydrogen) atoms. The van der Waals surface area contributed by atoms with Gasteiger partial charge in [-0.1, -0.05) is 13.8 Å². The van der Waals surface area contributed by atoms with E-state index < -0.39 is 0 Å². The first-order valence-corrected chi connectivity index (χ1v) is 6.17. The third-order valence-corrected chi connectivity index (χ3v) is 3.86. The van der Waals surface area contributed by atoms with Crippen LogP contribution < -0.4 is 16.0 Å². The van der Waals surface area contributed by atoms with Crippen molar-refractivity contribution in [3.8, 4) is 0 Å². The molecule has 1 saturated heterocycles. The van der Waals surface area contributed by atoms with Crippen LogP contribution >= 0.6 is 0 Å². The lowest BCUT2D eigenvalue weighted by Gasteiger charge is -2.21. The summed E-state index contributed by atoms with van der Waals surface area (Å²) in [6, 6.07) is -0.345. The van der Waals surface area contributed by atoms with E-state index in [1.165, 1.54) is 0 Å². The van der Waals surface area contributed by atoms with E-state index in [4.69, 9.17) is 0 Å². The molecule has 2 aliphatic rings. The smallest absolute Gasteiger partial charge is 0.243 e. The lowest BCUT2D eigenvalue weighted by Crippen LogP contribution is -2.47. The first-order chi connectivity index (χ1) is 7.94. The molecule has 1 aliphatic heterocycles. The molecule has 2 rings (SSSR count). The predicted octanol–water partition coefficient (Wildman–Crippen LogP) is -0.170. The van der Waals surface area contributed by atoms with Crippen LogP contribution in [0.5, 0.6) is 0 Å². The molecule has 96 valence electrons. The van der Waals surface area contributed by atoms with Crippen LogP contribution in [0, 0.1) is 17.3 Å². The zero-order valence-corrected chi connectivity index (χ0v) is 10.7. The van der Waals surface area contributed by atoms with E-state index in [1.54, 1.807) is 7.05 Å². The molecule has 1 saturated carbocycles. The van der Waals surface area contributed by atoms with Crippen molar-refractivity contribution in [2.45, 2.75) is 32.7 Å². The highest BCUT2D eigenvalue weighted by molar-refractivity contribution is 5.93. The molecule has 1 aliphatic carbocycles. The number of fused-ring (bicyclic) bond motifs is 1. The molecule has 2 amide bonds. The molecule has 0 aromatic heterocycles. The molecule has 3 N–H and O–H groups in total. The van der Waals surface area contributed by atoms with Gasteiger partial charge in [-0.2, -0.15) is 0 Å². The minimum atomic E-state index is -0.345. The standard InChI is InChI=1S/C12H21N3O2/c1-12(2)4-7-8(5-12)10(16)15-9(7)11(17)14-6-13-3/h7-9,13H,4-6H2,1-3H3,(H,14,17)(H,15,16). The van der Waals surface area contributed by atoms with Crippen molar-refractivity contribution >= 4 is 11.8 Å². The van der Waals surface area contributed by atoms with Gasteiger partial charge in [-0.05, 0) is 25.3 Å². The van der Waals surface area contributed by atoms with Gasteiger partial charge in [0, 0.05) is 11.8 Å². The van der Waals surface area contributed by atoms with Gasteiger partial charge in [0.25, 0.3) is 0 Å². The SMILES string of the molecule is CNCNC(=O)C1NC(=O)C2CC(C)(C)CC21. The van der Waals surface area contributed by atoms with Crippen LogP contribution in [0.15, 0.2) is 0 Å². The van der Waals surface area contributed by atoms with Gasteiger partial charge in [0.05, 0.1) is 6.67 Å². The van der Waals surface area contributed by atoms with Crippen molar-refractivity contribution in [1.82, 2.24) is 16.0 Å². The monoisotopic (exact) mass is 239 g/mol. The van der Waals surface area contributed by atoms with Crippen LogP contribution in [-0.4, -0.2) is 31.6 Å².